The second kappa shape index (κ2) is 11.0. The highest BCUT2D eigenvalue weighted by Crippen LogP contribution is 2.12. The molecule has 1 N–H and O–H groups in total. The zero-order chi connectivity index (χ0) is 10.6. The summed E-state index contributed by atoms with van der Waals surface area (Å²) in [5, 5.41) is 3.26. The van der Waals surface area contributed by atoms with Crippen molar-refractivity contribution in [1.29, 1.82) is 0 Å². The molecule has 2 heteroatoms. The molecule has 0 aromatic heterocycles. The van der Waals surface area contributed by atoms with Gasteiger partial charge in [0, 0.05) is 13.2 Å². The Balaban J connectivity index is 3.24. The van der Waals surface area contributed by atoms with E-state index in [4.69, 9.17) is 4.74 Å². The van der Waals surface area contributed by atoms with Crippen LogP contribution in [-0.2, 0) is 4.74 Å². The minimum Gasteiger partial charge on any atom is -0.380 e. The number of hydrogen-bond donors (Lipinski definition) is 1. The first kappa shape index (κ1) is 13.9. The zero-order valence-corrected chi connectivity index (χ0v) is 10.1. The highest BCUT2D eigenvalue weighted by molar-refractivity contribution is 4.56. The van der Waals surface area contributed by atoms with Crippen molar-refractivity contribution >= 4 is 0 Å². The van der Waals surface area contributed by atoms with E-state index in [9.17, 15) is 0 Å². The van der Waals surface area contributed by atoms with E-state index in [1.54, 1.807) is 0 Å². The van der Waals surface area contributed by atoms with Gasteiger partial charge in [0.2, 0.25) is 0 Å². The molecule has 0 spiro atoms. The van der Waals surface area contributed by atoms with Crippen molar-refractivity contribution in [3.8, 4) is 0 Å². The molecule has 0 aliphatic carbocycles. The number of rotatable bonds is 10. The summed E-state index contributed by atoms with van der Waals surface area (Å²) in [6, 6.07) is 0. The predicted molar refractivity (Wildman–Crippen MR) is 62.7 cm³/mol. The first-order valence-corrected chi connectivity index (χ1v) is 6.13. The van der Waals surface area contributed by atoms with Gasteiger partial charge >= 0.3 is 0 Å². The largest absolute Gasteiger partial charge is 0.380 e. The Morgan fingerprint density at radius 2 is 2.00 bits per heavy atom. The van der Waals surface area contributed by atoms with Gasteiger partial charge in [-0.15, -0.1) is 0 Å². The molecule has 0 bridgehead atoms. The van der Waals surface area contributed by atoms with Gasteiger partial charge in [-0.2, -0.15) is 0 Å². The number of nitrogens with one attached hydrogen (secondary N) is 1. The fourth-order valence-corrected chi connectivity index (χ4v) is 1.47. The second-order valence-corrected chi connectivity index (χ2v) is 3.84. The van der Waals surface area contributed by atoms with E-state index in [0.717, 1.165) is 32.2 Å². The van der Waals surface area contributed by atoms with E-state index in [1.165, 1.54) is 25.7 Å². The van der Waals surface area contributed by atoms with Gasteiger partial charge in [0.25, 0.3) is 0 Å². The van der Waals surface area contributed by atoms with Gasteiger partial charge in [-0.3, -0.25) is 0 Å². The van der Waals surface area contributed by atoms with Crippen molar-refractivity contribution in [1.82, 2.24) is 5.32 Å². The quantitative estimate of drug-likeness (QED) is 0.549. The molecule has 0 heterocycles. The highest BCUT2D eigenvalue weighted by atomic mass is 16.5. The van der Waals surface area contributed by atoms with E-state index in [0.29, 0.717) is 0 Å². The molecule has 0 amide bonds. The summed E-state index contributed by atoms with van der Waals surface area (Å²) in [4.78, 5) is 0. The van der Waals surface area contributed by atoms with Crippen LogP contribution in [0.15, 0.2) is 0 Å². The Labute approximate surface area is 89.4 Å². The molecule has 0 saturated carbocycles. The van der Waals surface area contributed by atoms with E-state index in [1.807, 2.05) is 0 Å². The van der Waals surface area contributed by atoms with Crippen LogP contribution < -0.4 is 5.32 Å². The van der Waals surface area contributed by atoms with E-state index < -0.39 is 0 Å². The highest BCUT2D eigenvalue weighted by Gasteiger charge is 2.04. The van der Waals surface area contributed by atoms with E-state index in [-0.39, 0.29) is 0 Å². The fourth-order valence-electron chi connectivity index (χ4n) is 1.47. The number of unbranched alkanes of at least 4 members (excludes halogenated alkanes) is 1. The van der Waals surface area contributed by atoms with Crippen molar-refractivity contribution in [2.24, 2.45) is 5.92 Å². The Morgan fingerprint density at radius 1 is 1.21 bits per heavy atom. The van der Waals surface area contributed by atoms with Gasteiger partial charge in [0.1, 0.15) is 0 Å². The van der Waals surface area contributed by atoms with Crippen molar-refractivity contribution < 1.29 is 4.74 Å². The molecule has 0 fully saturated rings. The number of hydrogen-bond acceptors (Lipinski definition) is 2. The topological polar surface area (TPSA) is 21.3 Å². The third-order valence-electron chi connectivity index (χ3n) is 2.57. The number of likely N-dealkylation sites (N-methyl/N-ethyl adjacent to an activating group) is 1. The van der Waals surface area contributed by atoms with Gasteiger partial charge in [-0.1, -0.05) is 40.0 Å². The summed E-state index contributed by atoms with van der Waals surface area (Å²) in [6.07, 6.45) is 5.22. The lowest BCUT2D eigenvalue weighted by molar-refractivity contribution is 0.0960. The molecular formula is C12H27NO. The standard InChI is InChI=1S/C12H27NO/c1-4-7-8-12(5-2)11-14-10-9-13-6-3/h12-13H,4-11H2,1-3H3. The molecule has 0 radical (unpaired) electrons. The maximum atomic E-state index is 5.62. The Kier molecular flexibility index (Phi) is 10.9. The van der Waals surface area contributed by atoms with Crippen LogP contribution >= 0.6 is 0 Å². The number of ether oxygens (including phenoxy) is 1. The van der Waals surface area contributed by atoms with Crippen molar-refractivity contribution in [3.05, 3.63) is 0 Å². The summed E-state index contributed by atoms with van der Waals surface area (Å²) < 4.78 is 5.62. The lowest BCUT2D eigenvalue weighted by Gasteiger charge is -2.14. The second-order valence-electron chi connectivity index (χ2n) is 3.84. The SMILES string of the molecule is CCCCC(CC)COCCNCC. The minimum absolute atomic E-state index is 0.775. The maximum Gasteiger partial charge on any atom is 0.0591 e. The molecule has 2 nitrogen and oxygen atoms in total. The van der Waals surface area contributed by atoms with Gasteiger partial charge in [0.15, 0.2) is 0 Å². The first-order valence-electron chi connectivity index (χ1n) is 6.13. The lowest BCUT2D eigenvalue weighted by Crippen LogP contribution is -2.20. The van der Waals surface area contributed by atoms with E-state index in [2.05, 4.69) is 26.1 Å². The molecular weight excluding hydrogens is 174 g/mol. The molecule has 0 aliphatic heterocycles. The van der Waals surface area contributed by atoms with Crippen LogP contribution in [0.4, 0.5) is 0 Å². The van der Waals surface area contributed by atoms with Crippen LogP contribution in [0.3, 0.4) is 0 Å². The van der Waals surface area contributed by atoms with Crippen LogP contribution in [-0.4, -0.2) is 26.3 Å². The minimum atomic E-state index is 0.775. The molecule has 1 atom stereocenters. The van der Waals surface area contributed by atoms with Crippen LogP contribution in [0.1, 0.15) is 46.5 Å². The Morgan fingerprint density at radius 3 is 2.57 bits per heavy atom. The smallest absolute Gasteiger partial charge is 0.0591 e. The zero-order valence-electron chi connectivity index (χ0n) is 10.1. The summed E-state index contributed by atoms with van der Waals surface area (Å²) in [5.74, 6) is 0.775. The normalized spacial score (nSPS) is 13.1. The summed E-state index contributed by atoms with van der Waals surface area (Å²) in [7, 11) is 0. The molecule has 1 unspecified atom stereocenters. The van der Waals surface area contributed by atoms with Gasteiger partial charge < -0.3 is 10.1 Å². The van der Waals surface area contributed by atoms with Crippen LogP contribution in [0, 0.1) is 5.92 Å². The Hall–Kier alpha value is -0.0800. The molecule has 14 heavy (non-hydrogen) atoms. The van der Waals surface area contributed by atoms with Crippen molar-refractivity contribution in [2.45, 2.75) is 46.5 Å². The fraction of sp³-hybridized carbons (Fsp3) is 1.00. The molecule has 0 saturated heterocycles. The van der Waals surface area contributed by atoms with Crippen LogP contribution in [0.25, 0.3) is 0 Å². The van der Waals surface area contributed by atoms with Gasteiger partial charge in [-0.25, -0.2) is 0 Å². The van der Waals surface area contributed by atoms with Gasteiger partial charge in [-0.05, 0) is 18.9 Å². The molecule has 86 valence electrons. The van der Waals surface area contributed by atoms with Crippen molar-refractivity contribution in [3.63, 3.8) is 0 Å². The lowest BCUT2D eigenvalue weighted by atomic mass is 10.0. The van der Waals surface area contributed by atoms with E-state index >= 15 is 0 Å². The molecule has 0 aromatic rings. The predicted octanol–water partition coefficient (Wildman–Crippen LogP) is 2.83. The third kappa shape index (κ3) is 8.52. The third-order valence-corrected chi connectivity index (χ3v) is 2.57. The molecule has 0 aromatic carbocycles. The van der Waals surface area contributed by atoms with Crippen LogP contribution in [0.2, 0.25) is 0 Å². The average Bonchev–Trinajstić information content (AvgIpc) is 2.22. The average molecular weight is 201 g/mol. The van der Waals surface area contributed by atoms with Gasteiger partial charge in [0.05, 0.1) is 6.61 Å². The van der Waals surface area contributed by atoms with Crippen LogP contribution in [0.5, 0.6) is 0 Å². The maximum absolute atomic E-state index is 5.62. The van der Waals surface area contributed by atoms with Crippen molar-refractivity contribution in [2.75, 3.05) is 26.3 Å². The monoisotopic (exact) mass is 201 g/mol. The summed E-state index contributed by atoms with van der Waals surface area (Å²) in [6.45, 7) is 10.5. The summed E-state index contributed by atoms with van der Waals surface area (Å²) >= 11 is 0. The summed E-state index contributed by atoms with van der Waals surface area (Å²) in [5.41, 5.74) is 0. The molecule has 0 aliphatic rings. The Bertz CT molecular complexity index is 106. The first-order chi connectivity index (χ1) is 6.85. The molecule has 0 rings (SSSR count).